The average Bonchev–Trinajstić information content (AvgIpc) is 2.20. The lowest BCUT2D eigenvalue weighted by Gasteiger charge is -2.05. The van der Waals surface area contributed by atoms with Crippen LogP contribution in [-0.4, -0.2) is 36.4 Å². The van der Waals surface area contributed by atoms with Crippen LogP contribution in [0.5, 0.6) is 5.88 Å². The largest absolute Gasteiger partial charge is 0.478 e. The molecule has 1 heterocycles. The van der Waals surface area contributed by atoms with Crippen molar-refractivity contribution in [1.82, 2.24) is 4.98 Å². The molecule has 1 aromatic rings. The Morgan fingerprint density at radius 1 is 1.60 bits per heavy atom. The van der Waals surface area contributed by atoms with Crippen molar-refractivity contribution in [3.05, 3.63) is 23.6 Å². The van der Waals surface area contributed by atoms with Crippen molar-refractivity contribution in [2.45, 2.75) is 0 Å². The summed E-state index contributed by atoms with van der Waals surface area (Å²) < 4.78 is 22.8. The lowest BCUT2D eigenvalue weighted by atomic mass is 10.3. The predicted octanol–water partition coefficient (Wildman–Crippen LogP) is 0.944. The predicted molar refractivity (Wildman–Crippen MR) is 48.5 cm³/mol. The molecule has 6 heteroatoms. The van der Waals surface area contributed by atoms with E-state index in [2.05, 4.69) is 4.98 Å². The van der Waals surface area contributed by atoms with E-state index in [1.54, 1.807) is 0 Å². The van der Waals surface area contributed by atoms with Gasteiger partial charge in [0.15, 0.2) is 5.82 Å². The Kier molecular flexibility index (Phi) is 3.99. The van der Waals surface area contributed by atoms with E-state index in [1.807, 2.05) is 0 Å². The van der Waals surface area contributed by atoms with Gasteiger partial charge in [-0.25, -0.2) is 14.2 Å². The molecule has 0 saturated carbocycles. The highest BCUT2D eigenvalue weighted by Gasteiger charge is 2.10. The highest BCUT2D eigenvalue weighted by atomic mass is 19.1. The molecule has 1 aromatic heterocycles. The monoisotopic (exact) mass is 215 g/mol. The van der Waals surface area contributed by atoms with Crippen molar-refractivity contribution in [2.75, 3.05) is 20.3 Å². The minimum atomic E-state index is -1.23. The van der Waals surface area contributed by atoms with Crippen molar-refractivity contribution in [1.29, 1.82) is 0 Å². The van der Waals surface area contributed by atoms with E-state index >= 15 is 0 Å². The summed E-state index contributed by atoms with van der Waals surface area (Å²) in [6.07, 6.45) is 1.04. The molecule has 0 radical (unpaired) electrons. The third-order valence-corrected chi connectivity index (χ3v) is 1.58. The summed E-state index contributed by atoms with van der Waals surface area (Å²) >= 11 is 0. The second kappa shape index (κ2) is 5.26. The number of nitrogens with zero attached hydrogens (tertiary/aromatic N) is 1. The van der Waals surface area contributed by atoms with Gasteiger partial charge in [0.05, 0.1) is 12.2 Å². The van der Waals surface area contributed by atoms with Crippen molar-refractivity contribution in [3.63, 3.8) is 0 Å². The van der Waals surface area contributed by atoms with Crippen molar-refractivity contribution >= 4 is 5.97 Å². The molecule has 0 aliphatic carbocycles. The summed E-state index contributed by atoms with van der Waals surface area (Å²) in [4.78, 5) is 14.0. The Labute approximate surface area is 85.5 Å². The molecule has 0 aromatic carbocycles. The quantitative estimate of drug-likeness (QED) is 0.740. The van der Waals surface area contributed by atoms with Gasteiger partial charge in [0.2, 0.25) is 5.88 Å². The van der Waals surface area contributed by atoms with Crippen LogP contribution in [0.1, 0.15) is 10.4 Å². The maximum atomic E-state index is 13.1. The Morgan fingerprint density at radius 2 is 2.33 bits per heavy atom. The first kappa shape index (κ1) is 11.4. The fraction of sp³-hybridized carbons (Fsp3) is 0.333. The first-order valence-corrected chi connectivity index (χ1v) is 4.15. The van der Waals surface area contributed by atoms with E-state index in [0.29, 0.717) is 6.61 Å². The normalized spacial score (nSPS) is 10.0. The van der Waals surface area contributed by atoms with E-state index < -0.39 is 11.8 Å². The van der Waals surface area contributed by atoms with Crippen LogP contribution in [0.2, 0.25) is 0 Å². The summed E-state index contributed by atoms with van der Waals surface area (Å²) in [6.45, 7) is 0.467. The van der Waals surface area contributed by atoms with Crippen molar-refractivity contribution in [2.24, 2.45) is 0 Å². The third kappa shape index (κ3) is 3.17. The van der Waals surface area contributed by atoms with Crippen LogP contribution in [0.3, 0.4) is 0 Å². The number of hydrogen-bond donors (Lipinski definition) is 1. The minimum Gasteiger partial charge on any atom is -0.478 e. The van der Waals surface area contributed by atoms with Gasteiger partial charge in [-0.1, -0.05) is 0 Å². The molecule has 0 bridgehead atoms. The van der Waals surface area contributed by atoms with Crippen molar-refractivity contribution in [3.8, 4) is 5.88 Å². The number of methoxy groups -OCH3 is 1. The topological polar surface area (TPSA) is 68.7 Å². The smallest absolute Gasteiger partial charge is 0.337 e. The molecule has 15 heavy (non-hydrogen) atoms. The standard InChI is InChI=1S/C9H10FNO4/c1-14-2-3-15-8-7(10)4-6(5-11-8)9(12)13/h4-5H,2-3H2,1H3,(H,12,13). The maximum absolute atomic E-state index is 13.1. The Bertz CT molecular complexity index is 356. The number of halogens is 1. The van der Waals surface area contributed by atoms with Gasteiger partial charge in [0.1, 0.15) is 6.61 Å². The van der Waals surface area contributed by atoms with E-state index in [-0.39, 0.29) is 18.1 Å². The molecule has 5 nitrogen and oxygen atoms in total. The number of hydrogen-bond acceptors (Lipinski definition) is 4. The maximum Gasteiger partial charge on any atom is 0.337 e. The summed E-state index contributed by atoms with van der Waals surface area (Å²) in [5, 5.41) is 8.55. The van der Waals surface area contributed by atoms with Crippen LogP contribution in [0.4, 0.5) is 4.39 Å². The average molecular weight is 215 g/mol. The van der Waals surface area contributed by atoms with Gasteiger partial charge in [-0.2, -0.15) is 0 Å². The molecular formula is C9H10FNO4. The summed E-state index contributed by atoms with van der Waals surface area (Å²) in [5.74, 6) is -2.26. The summed E-state index contributed by atoms with van der Waals surface area (Å²) in [7, 11) is 1.49. The lowest BCUT2D eigenvalue weighted by molar-refractivity contribution is 0.0695. The van der Waals surface area contributed by atoms with Crippen LogP contribution in [0.15, 0.2) is 12.3 Å². The zero-order valence-corrected chi connectivity index (χ0v) is 8.07. The van der Waals surface area contributed by atoms with Crippen LogP contribution in [0, 0.1) is 5.82 Å². The van der Waals surface area contributed by atoms with Crippen LogP contribution in [0.25, 0.3) is 0 Å². The second-order valence-corrected chi connectivity index (χ2v) is 2.66. The van der Waals surface area contributed by atoms with Gasteiger partial charge in [0.25, 0.3) is 0 Å². The van der Waals surface area contributed by atoms with Gasteiger partial charge in [0, 0.05) is 13.3 Å². The number of carbonyl (C=O) groups is 1. The summed E-state index contributed by atoms with van der Waals surface area (Å²) in [5.41, 5.74) is -0.216. The molecule has 82 valence electrons. The van der Waals surface area contributed by atoms with E-state index in [4.69, 9.17) is 14.6 Å². The van der Waals surface area contributed by atoms with Gasteiger partial charge < -0.3 is 14.6 Å². The third-order valence-electron chi connectivity index (χ3n) is 1.58. The highest BCUT2D eigenvalue weighted by molar-refractivity contribution is 5.87. The van der Waals surface area contributed by atoms with Crippen LogP contribution >= 0.6 is 0 Å². The molecule has 1 N–H and O–H groups in total. The van der Waals surface area contributed by atoms with Gasteiger partial charge >= 0.3 is 5.97 Å². The number of pyridine rings is 1. The first-order valence-electron chi connectivity index (χ1n) is 4.15. The Morgan fingerprint density at radius 3 is 2.87 bits per heavy atom. The van der Waals surface area contributed by atoms with Crippen LogP contribution in [-0.2, 0) is 4.74 Å². The fourth-order valence-electron chi connectivity index (χ4n) is 0.870. The number of aromatic nitrogens is 1. The minimum absolute atomic E-state index is 0.160. The summed E-state index contributed by atoms with van der Waals surface area (Å²) in [6, 6.07) is 0.859. The lowest BCUT2D eigenvalue weighted by Crippen LogP contribution is -2.08. The molecule has 0 amide bonds. The number of carboxylic acids is 1. The second-order valence-electron chi connectivity index (χ2n) is 2.66. The van der Waals surface area contributed by atoms with Crippen molar-refractivity contribution < 1.29 is 23.8 Å². The molecule has 0 atom stereocenters. The molecule has 0 unspecified atom stereocenters. The highest BCUT2D eigenvalue weighted by Crippen LogP contribution is 2.14. The van der Waals surface area contributed by atoms with E-state index in [0.717, 1.165) is 12.3 Å². The molecular weight excluding hydrogens is 205 g/mol. The molecule has 0 fully saturated rings. The van der Waals surface area contributed by atoms with Gasteiger partial charge in [-0.05, 0) is 6.07 Å². The van der Waals surface area contributed by atoms with E-state index in [1.165, 1.54) is 7.11 Å². The molecule has 0 spiro atoms. The number of rotatable bonds is 5. The van der Waals surface area contributed by atoms with Gasteiger partial charge in [-0.3, -0.25) is 0 Å². The number of ether oxygens (including phenoxy) is 2. The molecule has 0 aliphatic rings. The molecule has 1 rings (SSSR count). The number of carboxylic acid groups (broad SMARTS) is 1. The Hall–Kier alpha value is -1.69. The number of aromatic carboxylic acids is 1. The molecule has 0 saturated heterocycles. The fourth-order valence-corrected chi connectivity index (χ4v) is 0.870. The zero-order valence-electron chi connectivity index (χ0n) is 8.07. The molecule has 0 aliphatic heterocycles. The first-order chi connectivity index (χ1) is 7.15. The zero-order chi connectivity index (χ0) is 11.3. The van der Waals surface area contributed by atoms with E-state index in [9.17, 15) is 9.18 Å². The van der Waals surface area contributed by atoms with Crippen LogP contribution < -0.4 is 4.74 Å². The Balaban J connectivity index is 2.70. The van der Waals surface area contributed by atoms with Gasteiger partial charge in [-0.15, -0.1) is 0 Å². The SMILES string of the molecule is COCCOc1ncc(C(=O)O)cc1F.